The molecule has 2 N–H and O–H groups in total. The fourth-order valence-electron chi connectivity index (χ4n) is 2.00. The zero-order valence-corrected chi connectivity index (χ0v) is 12.7. The van der Waals surface area contributed by atoms with E-state index >= 15 is 0 Å². The lowest BCUT2D eigenvalue weighted by molar-refractivity contribution is 0.0353. The Bertz CT molecular complexity index is 449. The molecule has 0 saturated heterocycles. The van der Waals surface area contributed by atoms with Gasteiger partial charge in [-0.15, -0.1) is 0 Å². The Hall–Kier alpha value is -1.34. The van der Waals surface area contributed by atoms with E-state index in [2.05, 4.69) is 35.8 Å². The van der Waals surface area contributed by atoms with Crippen LogP contribution in [-0.4, -0.2) is 40.4 Å². The first kappa shape index (κ1) is 16.7. The monoisotopic (exact) mass is 275 g/mol. The summed E-state index contributed by atoms with van der Waals surface area (Å²) in [5.41, 5.74) is 1.50. The van der Waals surface area contributed by atoms with Crippen LogP contribution in [-0.2, 0) is 6.54 Å². The van der Waals surface area contributed by atoms with Crippen molar-refractivity contribution in [1.29, 1.82) is 0 Å². The van der Waals surface area contributed by atoms with Crippen LogP contribution in [0.25, 0.3) is 0 Å². The summed E-state index contributed by atoms with van der Waals surface area (Å²) < 4.78 is 0. The molecule has 3 heteroatoms. The van der Waals surface area contributed by atoms with E-state index < -0.39 is 5.60 Å². The normalized spacial score (nSPS) is 11.3. The van der Waals surface area contributed by atoms with Gasteiger partial charge in [0.05, 0.1) is 12.2 Å². The van der Waals surface area contributed by atoms with Gasteiger partial charge in [0.15, 0.2) is 0 Å². The van der Waals surface area contributed by atoms with Crippen molar-refractivity contribution in [3.05, 3.63) is 35.4 Å². The number of aliphatic hydroxyl groups is 2. The first-order valence-electron chi connectivity index (χ1n) is 7.08. The van der Waals surface area contributed by atoms with Gasteiger partial charge < -0.3 is 10.2 Å². The maximum absolute atomic E-state index is 9.88. The molecule has 1 rings (SSSR count). The number of rotatable bonds is 6. The van der Waals surface area contributed by atoms with Gasteiger partial charge >= 0.3 is 0 Å². The summed E-state index contributed by atoms with van der Waals surface area (Å²) >= 11 is 0. The molecule has 110 valence electrons. The topological polar surface area (TPSA) is 43.7 Å². The maximum atomic E-state index is 9.88. The van der Waals surface area contributed by atoms with Crippen molar-refractivity contribution < 1.29 is 10.2 Å². The molecular formula is C17H25NO2. The van der Waals surface area contributed by atoms with Gasteiger partial charge in [0.25, 0.3) is 0 Å². The van der Waals surface area contributed by atoms with Crippen molar-refractivity contribution in [2.24, 2.45) is 0 Å². The van der Waals surface area contributed by atoms with E-state index in [-0.39, 0.29) is 6.61 Å². The van der Waals surface area contributed by atoms with E-state index in [1.54, 1.807) is 0 Å². The number of hydrogen-bond acceptors (Lipinski definition) is 3. The fourth-order valence-corrected chi connectivity index (χ4v) is 2.00. The van der Waals surface area contributed by atoms with Gasteiger partial charge in [-0.25, -0.2) is 0 Å². The van der Waals surface area contributed by atoms with Crippen LogP contribution in [0.5, 0.6) is 0 Å². The SMILES string of the molecule is CCN(Cc1ccc(C#CCCO)cc1)CC(C)(C)O. The van der Waals surface area contributed by atoms with Crippen molar-refractivity contribution >= 4 is 0 Å². The number of hydrogen-bond donors (Lipinski definition) is 2. The Morgan fingerprint density at radius 2 is 1.85 bits per heavy atom. The average Bonchev–Trinajstić information content (AvgIpc) is 2.38. The lowest BCUT2D eigenvalue weighted by atomic mass is 10.1. The summed E-state index contributed by atoms with van der Waals surface area (Å²) in [6.07, 6.45) is 0.511. The second-order valence-electron chi connectivity index (χ2n) is 5.59. The Balaban J connectivity index is 2.62. The highest BCUT2D eigenvalue weighted by atomic mass is 16.3. The number of likely N-dealkylation sites (N-methyl/N-ethyl adjacent to an activating group) is 1. The van der Waals surface area contributed by atoms with Crippen molar-refractivity contribution in [3.63, 3.8) is 0 Å². The van der Waals surface area contributed by atoms with E-state index in [0.29, 0.717) is 13.0 Å². The van der Waals surface area contributed by atoms with E-state index in [1.165, 1.54) is 5.56 Å². The molecule has 0 aliphatic carbocycles. The molecule has 0 aliphatic heterocycles. The minimum Gasteiger partial charge on any atom is -0.395 e. The molecule has 0 aromatic heterocycles. The van der Waals surface area contributed by atoms with Gasteiger partial charge in [0, 0.05) is 25.1 Å². The van der Waals surface area contributed by atoms with Gasteiger partial charge in [-0.3, -0.25) is 4.90 Å². The second kappa shape index (κ2) is 8.06. The summed E-state index contributed by atoms with van der Waals surface area (Å²) in [6, 6.07) is 8.13. The van der Waals surface area contributed by atoms with Crippen molar-refractivity contribution in [2.45, 2.75) is 39.3 Å². The molecule has 1 aromatic carbocycles. The van der Waals surface area contributed by atoms with E-state index in [1.807, 2.05) is 26.0 Å². The molecule has 0 bridgehead atoms. The Labute approximate surface area is 122 Å². The number of benzene rings is 1. The van der Waals surface area contributed by atoms with Gasteiger partial charge in [-0.1, -0.05) is 30.9 Å². The Morgan fingerprint density at radius 3 is 2.35 bits per heavy atom. The minimum atomic E-state index is -0.675. The molecule has 0 saturated carbocycles. The van der Waals surface area contributed by atoms with Crippen LogP contribution in [0, 0.1) is 11.8 Å². The summed E-state index contributed by atoms with van der Waals surface area (Å²) in [4.78, 5) is 2.21. The third-order valence-electron chi connectivity index (χ3n) is 2.89. The standard InChI is InChI=1S/C17H25NO2/c1-4-18(14-17(2,3)20)13-16-10-8-15(9-11-16)7-5-6-12-19/h8-11,19-20H,4,6,12-14H2,1-3H3. The predicted molar refractivity (Wildman–Crippen MR) is 82.3 cm³/mol. The number of nitrogens with zero attached hydrogens (tertiary/aromatic N) is 1. The van der Waals surface area contributed by atoms with Gasteiger partial charge in [0.2, 0.25) is 0 Å². The van der Waals surface area contributed by atoms with Gasteiger partial charge in [-0.05, 0) is 38.1 Å². The van der Waals surface area contributed by atoms with Crippen molar-refractivity contribution in [1.82, 2.24) is 4.90 Å². The Morgan fingerprint density at radius 1 is 1.20 bits per heavy atom. The smallest absolute Gasteiger partial charge is 0.0718 e. The third kappa shape index (κ3) is 6.72. The lowest BCUT2D eigenvalue weighted by Crippen LogP contribution is -2.38. The molecule has 0 unspecified atom stereocenters. The molecule has 0 aliphatic rings. The van der Waals surface area contributed by atoms with Crippen LogP contribution in [0.1, 0.15) is 38.3 Å². The van der Waals surface area contributed by atoms with Crippen LogP contribution in [0.15, 0.2) is 24.3 Å². The minimum absolute atomic E-state index is 0.105. The molecule has 0 fully saturated rings. The summed E-state index contributed by atoms with van der Waals surface area (Å²) in [5.74, 6) is 5.93. The molecule has 0 heterocycles. The van der Waals surface area contributed by atoms with Crippen LogP contribution in [0.2, 0.25) is 0 Å². The Kier molecular flexibility index (Phi) is 6.74. The van der Waals surface area contributed by atoms with E-state index in [0.717, 1.165) is 18.7 Å². The average molecular weight is 275 g/mol. The molecule has 20 heavy (non-hydrogen) atoms. The van der Waals surface area contributed by atoms with Crippen LogP contribution in [0.3, 0.4) is 0 Å². The maximum Gasteiger partial charge on any atom is 0.0718 e. The highest BCUT2D eigenvalue weighted by Gasteiger charge is 2.17. The fraction of sp³-hybridized carbons (Fsp3) is 0.529. The van der Waals surface area contributed by atoms with Crippen molar-refractivity contribution in [2.75, 3.05) is 19.7 Å². The van der Waals surface area contributed by atoms with Crippen LogP contribution in [0.4, 0.5) is 0 Å². The highest BCUT2D eigenvalue weighted by Crippen LogP contribution is 2.11. The van der Waals surface area contributed by atoms with E-state index in [4.69, 9.17) is 5.11 Å². The largest absolute Gasteiger partial charge is 0.395 e. The summed E-state index contributed by atoms with van der Waals surface area (Å²) in [5, 5.41) is 18.6. The van der Waals surface area contributed by atoms with Gasteiger partial charge in [-0.2, -0.15) is 0 Å². The van der Waals surface area contributed by atoms with Crippen LogP contribution < -0.4 is 0 Å². The number of aliphatic hydroxyl groups excluding tert-OH is 1. The van der Waals surface area contributed by atoms with Crippen molar-refractivity contribution in [3.8, 4) is 11.8 Å². The first-order valence-corrected chi connectivity index (χ1v) is 7.08. The molecule has 0 atom stereocenters. The molecule has 0 spiro atoms. The van der Waals surface area contributed by atoms with Crippen LogP contribution >= 0.6 is 0 Å². The molecule has 0 radical (unpaired) electrons. The molecule has 3 nitrogen and oxygen atoms in total. The first-order chi connectivity index (χ1) is 9.44. The summed E-state index contributed by atoms with van der Waals surface area (Å²) in [7, 11) is 0. The van der Waals surface area contributed by atoms with E-state index in [9.17, 15) is 5.11 Å². The predicted octanol–water partition coefficient (Wildman–Crippen LogP) is 2.01. The summed E-state index contributed by atoms with van der Waals surface area (Å²) in [6.45, 7) is 8.24. The zero-order chi connectivity index (χ0) is 15.0. The van der Waals surface area contributed by atoms with Gasteiger partial charge in [0.1, 0.15) is 0 Å². The third-order valence-corrected chi connectivity index (χ3v) is 2.89. The highest BCUT2D eigenvalue weighted by molar-refractivity contribution is 5.36. The molecule has 0 amide bonds. The zero-order valence-electron chi connectivity index (χ0n) is 12.7. The second-order valence-corrected chi connectivity index (χ2v) is 5.59. The molecular weight excluding hydrogens is 250 g/mol. The quantitative estimate of drug-likeness (QED) is 0.781. The lowest BCUT2D eigenvalue weighted by Gasteiger charge is -2.28. The molecule has 1 aromatic rings.